The molecule has 4 aromatic rings. The molecule has 0 fully saturated rings. The monoisotopic (exact) mass is 407 g/mol. The molecule has 0 saturated heterocycles. The van der Waals surface area contributed by atoms with Gasteiger partial charge in [0.05, 0.1) is 12.8 Å². The number of hydrogen-bond acceptors (Lipinski definition) is 6. The highest BCUT2D eigenvalue weighted by atomic mass is 32.1. The van der Waals surface area contributed by atoms with E-state index in [2.05, 4.69) is 10.3 Å². The highest BCUT2D eigenvalue weighted by Gasteiger charge is 2.20. The van der Waals surface area contributed by atoms with Crippen LogP contribution in [0.25, 0.3) is 16.2 Å². The third-order valence-electron chi connectivity index (χ3n) is 4.78. The number of hydrogen-bond donors (Lipinski definition) is 1. The van der Waals surface area contributed by atoms with Gasteiger partial charge in [-0.3, -0.25) is 9.20 Å². The van der Waals surface area contributed by atoms with Gasteiger partial charge in [-0.2, -0.15) is 0 Å². The molecular formula is C21H17N3O4S. The van der Waals surface area contributed by atoms with Crippen LogP contribution in [-0.2, 0) is 0 Å². The summed E-state index contributed by atoms with van der Waals surface area (Å²) in [5, 5.41) is 2.92. The van der Waals surface area contributed by atoms with E-state index in [4.69, 9.17) is 14.2 Å². The number of fused-ring (bicyclic) bond motifs is 2. The van der Waals surface area contributed by atoms with Crippen molar-refractivity contribution in [3.63, 3.8) is 0 Å². The van der Waals surface area contributed by atoms with Gasteiger partial charge in [-0.25, -0.2) is 4.98 Å². The van der Waals surface area contributed by atoms with Gasteiger partial charge in [-0.05, 0) is 43.3 Å². The highest BCUT2D eigenvalue weighted by Crippen LogP contribution is 2.35. The number of methoxy groups -OCH3 is 1. The number of aromatic nitrogens is 2. The van der Waals surface area contributed by atoms with Crippen LogP contribution in [0.3, 0.4) is 0 Å². The van der Waals surface area contributed by atoms with Crippen molar-refractivity contribution in [1.82, 2.24) is 9.38 Å². The molecule has 0 radical (unpaired) electrons. The fraction of sp³-hybridized carbons (Fsp3) is 0.143. The SMILES string of the molecule is COc1ccc(-c2cn3c(C)c(C(=O)Nc4ccc5c(c4)OCO5)sc3n2)cc1. The number of carbonyl (C=O) groups excluding carboxylic acids is 1. The summed E-state index contributed by atoms with van der Waals surface area (Å²) in [4.78, 5) is 18.9. The third kappa shape index (κ3) is 3.07. The van der Waals surface area contributed by atoms with E-state index >= 15 is 0 Å². The minimum atomic E-state index is -0.178. The molecule has 7 nitrogen and oxygen atoms in total. The van der Waals surface area contributed by atoms with E-state index < -0.39 is 0 Å². The summed E-state index contributed by atoms with van der Waals surface area (Å²) in [5.41, 5.74) is 3.34. The number of ether oxygens (including phenoxy) is 3. The Labute approximate surface area is 170 Å². The molecule has 0 aliphatic carbocycles. The number of carbonyl (C=O) groups is 1. The fourth-order valence-corrected chi connectivity index (χ4v) is 4.23. The van der Waals surface area contributed by atoms with Gasteiger partial charge in [0.15, 0.2) is 16.5 Å². The van der Waals surface area contributed by atoms with Crippen LogP contribution in [0.4, 0.5) is 5.69 Å². The smallest absolute Gasteiger partial charge is 0.267 e. The van der Waals surface area contributed by atoms with Crippen LogP contribution in [0.15, 0.2) is 48.7 Å². The first-order valence-corrected chi connectivity index (χ1v) is 9.78. The van der Waals surface area contributed by atoms with Crippen LogP contribution in [0.2, 0.25) is 0 Å². The molecule has 2 aromatic heterocycles. The Morgan fingerprint density at radius 1 is 1.17 bits per heavy atom. The average molecular weight is 407 g/mol. The molecule has 0 saturated carbocycles. The van der Waals surface area contributed by atoms with Crippen molar-refractivity contribution in [2.45, 2.75) is 6.92 Å². The summed E-state index contributed by atoms with van der Waals surface area (Å²) >= 11 is 1.36. The molecule has 1 aliphatic rings. The topological polar surface area (TPSA) is 74.1 Å². The lowest BCUT2D eigenvalue weighted by Gasteiger charge is -2.05. The van der Waals surface area contributed by atoms with E-state index in [9.17, 15) is 4.79 Å². The molecular weight excluding hydrogens is 390 g/mol. The van der Waals surface area contributed by atoms with E-state index in [1.165, 1.54) is 11.3 Å². The summed E-state index contributed by atoms with van der Waals surface area (Å²) in [6.07, 6.45) is 1.94. The molecule has 146 valence electrons. The Morgan fingerprint density at radius 3 is 2.72 bits per heavy atom. The molecule has 1 N–H and O–H groups in total. The van der Waals surface area contributed by atoms with E-state index in [0.29, 0.717) is 22.1 Å². The number of benzene rings is 2. The second-order valence-corrected chi connectivity index (χ2v) is 7.52. The number of anilines is 1. The normalized spacial score (nSPS) is 12.3. The third-order valence-corrected chi connectivity index (χ3v) is 5.93. The second-order valence-electron chi connectivity index (χ2n) is 6.55. The Morgan fingerprint density at radius 2 is 1.97 bits per heavy atom. The summed E-state index contributed by atoms with van der Waals surface area (Å²) in [6.45, 7) is 2.11. The summed E-state index contributed by atoms with van der Waals surface area (Å²) in [7, 11) is 1.64. The maximum Gasteiger partial charge on any atom is 0.267 e. The van der Waals surface area contributed by atoms with Crippen molar-refractivity contribution in [2.24, 2.45) is 0 Å². The lowest BCUT2D eigenvalue weighted by Crippen LogP contribution is -2.11. The molecule has 8 heteroatoms. The molecule has 1 aliphatic heterocycles. The van der Waals surface area contributed by atoms with Gasteiger partial charge in [0, 0.05) is 29.2 Å². The Bertz CT molecular complexity index is 1230. The number of aryl methyl sites for hydroxylation is 1. The number of thiazole rings is 1. The van der Waals surface area contributed by atoms with E-state index in [-0.39, 0.29) is 12.7 Å². The average Bonchev–Trinajstić information content (AvgIpc) is 3.44. The zero-order valence-corrected chi connectivity index (χ0v) is 16.6. The molecule has 0 unspecified atom stereocenters. The van der Waals surface area contributed by atoms with E-state index in [1.54, 1.807) is 25.3 Å². The van der Waals surface area contributed by atoms with Crippen LogP contribution in [0.1, 0.15) is 15.4 Å². The first kappa shape index (κ1) is 17.6. The molecule has 1 amide bonds. The first-order valence-electron chi connectivity index (χ1n) is 8.96. The molecule has 0 atom stereocenters. The van der Waals surface area contributed by atoms with Gasteiger partial charge < -0.3 is 19.5 Å². The number of imidazole rings is 1. The lowest BCUT2D eigenvalue weighted by atomic mass is 10.2. The van der Waals surface area contributed by atoms with Gasteiger partial charge >= 0.3 is 0 Å². The van der Waals surface area contributed by atoms with Crippen molar-refractivity contribution < 1.29 is 19.0 Å². The standard InChI is InChI=1S/C21H17N3O4S/c1-12-19(20(25)22-14-5-8-17-18(9-14)28-11-27-17)29-21-23-16(10-24(12)21)13-3-6-15(26-2)7-4-13/h3-10H,11H2,1-2H3,(H,22,25). The quantitative estimate of drug-likeness (QED) is 0.544. The van der Waals surface area contributed by atoms with Crippen LogP contribution in [0.5, 0.6) is 17.2 Å². The van der Waals surface area contributed by atoms with Crippen molar-refractivity contribution in [2.75, 3.05) is 19.2 Å². The van der Waals surface area contributed by atoms with Crippen molar-refractivity contribution in [3.8, 4) is 28.5 Å². The molecule has 2 aromatic carbocycles. The van der Waals surface area contributed by atoms with Gasteiger partial charge in [0.1, 0.15) is 10.6 Å². The fourth-order valence-electron chi connectivity index (χ4n) is 3.22. The van der Waals surface area contributed by atoms with Crippen LogP contribution in [0, 0.1) is 6.92 Å². The Hall–Kier alpha value is -3.52. The largest absolute Gasteiger partial charge is 0.497 e. The Balaban J connectivity index is 1.41. The van der Waals surface area contributed by atoms with Crippen LogP contribution < -0.4 is 19.5 Å². The van der Waals surface area contributed by atoms with Crippen molar-refractivity contribution >= 4 is 27.9 Å². The van der Waals surface area contributed by atoms with E-state index in [0.717, 1.165) is 27.7 Å². The maximum atomic E-state index is 12.8. The summed E-state index contributed by atoms with van der Waals surface area (Å²) in [5.74, 6) is 1.93. The van der Waals surface area contributed by atoms with Gasteiger partial charge in [0.25, 0.3) is 5.91 Å². The number of nitrogens with one attached hydrogen (secondary N) is 1. The number of amides is 1. The molecule has 0 bridgehead atoms. The summed E-state index contributed by atoms with van der Waals surface area (Å²) in [6, 6.07) is 13.1. The van der Waals surface area contributed by atoms with Crippen molar-refractivity contribution in [3.05, 3.63) is 59.2 Å². The minimum Gasteiger partial charge on any atom is -0.497 e. The molecule has 29 heavy (non-hydrogen) atoms. The van der Waals surface area contributed by atoms with Gasteiger partial charge in [-0.15, -0.1) is 0 Å². The zero-order chi connectivity index (χ0) is 20.0. The molecule has 0 spiro atoms. The van der Waals surface area contributed by atoms with Crippen LogP contribution >= 0.6 is 11.3 Å². The zero-order valence-electron chi connectivity index (χ0n) is 15.8. The molecule has 5 rings (SSSR count). The maximum absolute atomic E-state index is 12.8. The predicted octanol–water partition coefficient (Wildman–Crippen LogP) is 4.36. The Kier molecular flexibility index (Phi) is 4.13. The molecule has 3 heterocycles. The number of nitrogens with zero attached hydrogens (tertiary/aromatic N) is 2. The lowest BCUT2D eigenvalue weighted by molar-refractivity contribution is 0.102. The summed E-state index contributed by atoms with van der Waals surface area (Å²) < 4.78 is 17.8. The highest BCUT2D eigenvalue weighted by molar-refractivity contribution is 7.19. The van der Waals surface area contributed by atoms with Crippen molar-refractivity contribution in [1.29, 1.82) is 0 Å². The van der Waals surface area contributed by atoms with Crippen LogP contribution in [-0.4, -0.2) is 29.2 Å². The first-order chi connectivity index (χ1) is 14.1. The van der Waals surface area contributed by atoms with Gasteiger partial charge in [0.2, 0.25) is 6.79 Å². The van der Waals surface area contributed by atoms with Gasteiger partial charge in [-0.1, -0.05) is 11.3 Å². The second kappa shape index (κ2) is 6.82. The minimum absolute atomic E-state index is 0.178. The predicted molar refractivity (Wildman–Crippen MR) is 110 cm³/mol. The van der Waals surface area contributed by atoms with E-state index in [1.807, 2.05) is 41.8 Å². The number of rotatable bonds is 4.